The second-order valence-electron chi connectivity index (χ2n) is 6.41. The van der Waals surface area contributed by atoms with E-state index in [0.717, 1.165) is 0 Å². The molecule has 0 fully saturated rings. The number of allylic oxidation sites excluding steroid dienone is 2. The van der Waals surface area contributed by atoms with Gasteiger partial charge in [-0.15, -0.1) is 0 Å². The molecule has 0 unspecified atom stereocenters. The molecule has 4 N–H and O–H groups in total. The fourth-order valence-electron chi connectivity index (χ4n) is 3.00. The number of carbonyl (C=O) groups excluding carboxylic acids is 3. The molecule has 1 aliphatic rings. The van der Waals surface area contributed by atoms with Crippen LogP contribution in [0.3, 0.4) is 0 Å². The molecule has 1 radical (unpaired) electrons. The van der Waals surface area contributed by atoms with Gasteiger partial charge in [-0.2, -0.15) is 0 Å². The van der Waals surface area contributed by atoms with Gasteiger partial charge in [-0.05, 0) is 34.1 Å². The van der Waals surface area contributed by atoms with Gasteiger partial charge in [-0.25, -0.2) is 14.4 Å². The van der Waals surface area contributed by atoms with Crippen LogP contribution in [0.2, 0.25) is 0 Å². The van der Waals surface area contributed by atoms with E-state index in [0.29, 0.717) is 0 Å². The van der Waals surface area contributed by atoms with Crippen molar-refractivity contribution in [1.29, 1.82) is 0 Å². The normalized spacial score (nSPS) is 14.7. The Morgan fingerprint density at radius 3 is 1.77 bits per heavy atom. The maximum absolute atomic E-state index is 13.1. The van der Waals surface area contributed by atoms with E-state index in [1.807, 2.05) is 0 Å². The number of carboxylic acid groups (broad SMARTS) is 2. The second-order valence-corrected chi connectivity index (χ2v) is 6.41. The van der Waals surface area contributed by atoms with Crippen LogP contribution in [-0.4, -0.2) is 88.8 Å². The van der Waals surface area contributed by atoms with Crippen LogP contribution in [-0.2, 0) is 33.4 Å². The van der Waals surface area contributed by atoms with Crippen molar-refractivity contribution in [2.75, 3.05) is 13.2 Å². The molecule has 0 aromatic carbocycles. The van der Waals surface area contributed by atoms with E-state index in [1.54, 1.807) is 13.8 Å². The Bertz CT molecular complexity index is 764. The first-order valence-corrected chi connectivity index (χ1v) is 9.32. The Kier molecular flexibility index (Phi) is 12.1. The minimum atomic E-state index is -1.53. The van der Waals surface area contributed by atoms with Crippen LogP contribution in [0.1, 0.15) is 40.5 Å². The summed E-state index contributed by atoms with van der Waals surface area (Å²) < 4.78 is 10.0. The van der Waals surface area contributed by atoms with Crippen LogP contribution in [0.15, 0.2) is 22.5 Å². The topological polar surface area (TPSA) is 168 Å². The van der Waals surface area contributed by atoms with Crippen molar-refractivity contribution in [1.82, 2.24) is 10.6 Å². The Morgan fingerprint density at radius 2 is 1.42 bits per heavy atom. The van der Waals surface area contributed by atoms with Crippen molar-refractivity contribution >= 4 is 59.3 Å². The largest absolute Gasteiger partial charge is 0.481 e. The molecule has 0 spiro atoms. The van der Waals surface area contributed by atoms with Gasteiger partial charge in [0.15, 0.2) is 0 Å². The summed E-state index contributed by atoms with van der Waals surface area (Å²) in [4.78, 5) is 60.3. The number of dihydropyridines is 1. The summed E-state index contributed by atoms with van der Waals surface area (Å²) in [6.45, 7) is 6.18. The molecular formula is C19H26N2NaO9. The van der Waals surface area contributed by atoms with Crippen LogP contribution < -0.4 is 10.6 Å². The molecule has 1 aliphatic heterocycles. The van der Waals surface area contributed by atoms with Crippen molar-refractivity contribution in [2.24, 2.45) is 5.92 Å². The summed E-state index contributed by atoms with van der Waals surface area (Å²) >= 11 is 0. The first kappa shape index (κ1) is 28.6. The molecule has 11 nitrogen and oxygen atoms in total. The van der Waals surface area contributed by atoms with E-state index in [9.17, 15) is 29.1 Å². The van der Waals surface area contributed by atoms with E-state index in [2.05, 4.69) is 10.6 Å². The number of aliphatic carboxylic acids is 2. The molecule has 1 atom stereocenters. The predicted octanol–water partition coefficient (Wildman–Crippen LogP) is -0.0666. The van der Waals surface area contributed by atoms with Gasteiger partial charge < -0.3 is 30.3 Å². The first-order valence-electron chi connectivity index (χ1n) is 9.32. The minimum Gasteiger partial charge on any atom is -0.481 e. The van der Waals surface area contributed by atoms with Gasteiger partial charge in [0.2, 0.25) is 5.91 Å². The first-order chi connectivity index (χ1) is 14.0. The molecule has 0 aromatic rings. The van der Waals surface area contributed by atoms with Crippen LogP contribution >= 0.6 is 0 Å². The van der Waals surface area contributed by atoms with Gasteiger partial charge >= 0.3 is 23.9 Å². The number of hydrogen-bond acceptors (Lipinski definition) is 8. The number of carboxylic acids is 2. The van der Waals surface area contributed by atoms with E-state index in [4.69, 9.17) is 14.6 Å². The average molecular weight is 449 g/mol. The molecule has 1 rings (SSSR count). The summed E-state index contributed by atoms with van der Waals surface area (Å²) in [5.74, 6) is -6.84. The SMILES string of the molecule is CCOC(=O)C1=C(C)NC(C)=C(C(=O)OCC)C1C(=O)N[C@@H](CCC(=O)O)C(=O)O.[Na]. The summed E-state index contributed by atoms with van der Waals surface area (Å²) in [5, 5.41) is 23.2. The van der Waals surface area contributed by atoms with Gasteiger partial charge in [-0.3, -0.25) is 9.59 Å². The van der Waals surface area contributed by atoms with E-state index < -0.39 is 48.2 Å². The maximum atomic E-state index is 13.1. The molecule has 31 heavy (non-hydrogen) atoms. The minimum absolute atomic E-state index is 0. The van der Waals surface area contributed by atoms with Gasteiger partial charge in [0.1, 0.15) is 12.0 Å². The van der Waals surface area contributed by atoms with Crippen molar-refractivity contribution in [2.45, 2.75) is 46.6 Å². The fourth-order valence-corrected chi connectivity index (χ4v) is 3.00. The van der Waals surface area contributed by atoms with E-state index >= 15 is 0 Å². The smallest absolute Gasteiger partial charge is 0.336 e. The standard InChI is InChI=1S/C19H26N2O9.Na/c1-5-29-18(27)13-9(3)20-10(4)14(19(28)30-6-2)15(13)16(24)21-11(17(25)26)7-8-12(22)23;/h11,15,20H,5-8H2,1-4H3,(H,21,24)(H,22,23)(H,25,26);/t11-;/m0./s1. The molecule has 12 heteroatoms. The number of hydrogen-bond donors (Lipinski definition) is 4. The number of amides is 1. The molecule has 0 aliphatic carbocycles. The zero-order valence-electron chi connectivity index (χ0n) is 18.2. The molecule has 0 aromatic heterocycles. The zero-order chi connectivity index (χ0) is 23.0. The van der Waals surface area contributed by atoms with Crippen molar-refractivity contribution < 1.29 is 43.7 Å². The van der Waals surface area contributed by atoms with Crippen molar-refractivity contribution in [3.05, 3.63) is 22.5 Å². The quantitative estimate of drug-likeness (QED) is 0.262. The third-order valence-electron chi connectivity index (χ3n) is 4.27. The van der Waals surface area contributed by atoms with Crippen molar-refractivity contribution in [3.63, 3.8) is 0 Å². The summed E-state index contributed by atoms with van der Waals surface area (Å²) in [5.41, 5.74) is 0.198. The summed E-state index contributed by atoms with van der Waals surface area (Å²) in [6.07, 6.45) is -0.876. The van der Waals surface area contributed by atoms with Crippen LogP contribution in [0.25, 0.3) is 0 Å². The van der Waals surface area contributed by atoms with Gasteiger partial charge in [0.25, 0.3) is 0 Å². The monoisotopic (exact) mass is 449 g/mol. The van der Waals surface area contributed by atoms with Gasteiger partial charge in [0, 0.05) is 47.4 Å². The third kappa shape index (κ3) is 7.67. The Balaban J connectivity index is 0.00000900. The number of ether oxygens (including phenoxy) is 2. The van der Waals surface area contributed by atoms with Crippen LogP contribution in [0.4, 0.5) is 0 Å². The van der Waals surface area contributed by atoms with Crippen molar-refractivity contribution in [3.8, 4) is 0 Å². The Morgan fingerprint density at radius 1 is 0.968 bits per heavy atom. The second kappa shape index (κ2) is 13.1. The molecule has 167 valence electrons. The molecule has 1 amide bonds. The number of rotatable bonds is 10. The van der Waals surface area contributed by atoms with E-state index in [-0.39, 0.29) is 71.7 Å². The summed E-state index contributed by atoms with van der Waals surface area (Å²) in [7, 11) is 0. The van der Waals surface area contributed by atoms with Gasteiger partial charge in [0.05, 0.1) is 24.4 Å². The number of carbonyl (C=O) groups is 5. The van der Waals surface area contributed by atoms with E-state index in [1.165, 1.54) is 13.8 Å². The van der Waals surface area contributed by atoms with Crippen LogP contribution in [0, 0.1) is 5.92 Å². The zero-order valence-corrected chi connectivity index (χ0v) is 20.2. The number of esters is 2. The Labute approximate surface area is 201 Å². The maximum Gasteiger partial charge on any atom is 0.336 e. The number of nitrogens with one attached hydrogen (secondary N) is 2. The van der Waals surface area contributed by atoms with Crippen LogP contribution in [0.5, 0.6) is 0 Å². The third-order valence-corrected chi connectivity index (χ3v) is 4.27. The fraction of sp³-hybridized carbons (Fsp3) is 0.526. The molecular weight excluding hydrogens is 423 g/mol. The molecule has 0 saturated carbocycles. The molecule has 0 saturated heterocycles. The average Bonchev–Trinajstić information content (AvgIpc) is 2.63. The predicted molar refractivity (Wildman–Crippen MR) is 107 cm³/mol. The van der Waals surface area contributed by atoms with Gasteiger partial charge in [-0.1, -0.05) is 0 Å². The summed E-state index contributed by atoms with van der Waals surface area (Å²) in [6, 6.07) is -1.53. The molecule has 1 heterocycles. The molecule has 0 bridgehead atoms. The Hall–Kier alpha value is -2.37.